The zero-order chi connectivity index (χ0) is 20.3. The van der Waals surface area contributed by atoms with Crippen LogP contribution < -0.4 is 14.9 Å². The number of nitrogens with zero attached hydrogens (tertiary/aromatic N) is 2. The molecule has 1 unspecified atom stereocenters. The molecule has 1 amide bonds. The molecule has 1 aliphatic rings. The van der Waals surface area contributed by atoms with Crippen LogP contribution >= 0.6 is 0 Å². The number of anilines is 2. The van der Waals surface area contributed by atoms with Gasteiger partial charge in [-0.3, -0.25) is 9.52 Å². The van der Waals surface area contributed by atoms with Crippen LogP contribution in [0.25, 0.3) is 0 Å². The zero-order valence-electron chi connectivity index (χ0n) is 15.2. The van der Waals surface area contributed by atoms with Crippen molar-refractivity contribution in [3.63, 3.8) is 0 Å². The van der Waals surface area contributed by atoms with Crippen LogP contribution in [0.1, 0.15) is 19.8 Å². The van der Waals surface area contributed by atoms with Gasteiger partial charge < -0.3 is 10.2 Å². The van der Waals surface area contributed by atoms with E-state index in [4.69, 9.17) is 0 Å². The fourth-order valence-corrected chi connectivity index (χ4v) is 4.08. The number of hydrogen-bond acceptors (Lipinski definition) is 5. The SMILES string of the molecule is CC(=O)NC1CCCN(c2ccc(S(=O)(=O)Nc3ccc(F)c(F)c3)cn2)C1. The van der Waals surface area contributed by atoms with Gasteiger partial charge in [0, 0.05) is 38.3 Å². The average molecular weight is 410 g/mol. The normalized spacial score (nSPS) is 17.2. The second-order valence-electron chi connectivity index (χ2n) is 6.57. The number of halogens is 2. The monoisotopic (exact) mass is 410 g/mol. The van der Waals surface area contributed by atoms with Crippen LogP contribution in [0.2, 0.25) is 0 Å². The van der Waals surface area contributed by atoms with Gasteiger partial charge >= 0.3 is 0 Å². The van der Waals surface area contributed by atoms with E-state index in [1.165, 1.54) is 19.2 Å². The van der Waals surface area contributed by atoms with Gasteiger partial charge in [-0.05, 0) is 37.1 Å². The molecule has 0 saturated carbocycles. The van der Waals surface area contributed by atoms with E-state index in [1.807, 2.05) is 4.90 Å². The summed E-state index contributed by atoms with van der Waals surface area (Å²) in [6, 6.07) is 5.74. The van der Waals surface area contributed by atoms with Crippen molar-refractivity contribution < 1.29 is 22.0 Å². The number of nitrogens with one attached hydrogen (secondary N) is 2. The summed E-state index contributed by atoms with van der Waals surface area (Å²) in [5.41, 5.74) is -0.0860. The lowest BCUT2D eigenvalue weighted by Gasteiger charge is -2.33. The lowest BCUT2D eigenvalue weighted by Crippen LogP contribution is -2.47. The maximum Gasteiger partial charge on any atom is 0.263 e. The van der Waals surface area contributed by atoms with E-state index in [2.05, 4.69) is 15.0 Å². The average Bonchev–Trinajstić information content (AvgIpc) is 2.64. The highest BCUT2D eigenvalue weighted by Crippen LogP contribution is 2.22. The molecule has 1 saturated heterocycles. The van der Waals surface area contributed by atoms with Gasteiger partial charge in [-0.1, -0.05) is 0 Å². The largest absolute Gasteiger partial charge is 0.355 e. The Labute approximate surface area is 161 Å². The topological polar surface area (TPSA) is 91.4 Å². The van der Waals surface area contributed by atoms with Crippen LogP contribution in [-0.4, -0.2) is 38.4 Å². The van der Waals surface area contributed by atoms with Crippen molar-refractivity contribution in [2.45, 2.75) is 30.7 Å². The van der Waals surface area contributed by atoms with E-state index < -0.39 is 21.7 Å². The van der Waals surface area contributed by atoms with Crippen molar-refractivity contribution >= 4 is 27.4 Å². The first kappa shape index (κ1) is 20.0. The van der Waals surface area contributed by atoms with Gasteiger partial charge in [-0.25, -0.2) is 22.2 Å². The summed E-state index contributed by atoms with van der Waals surface area (Å²) in [4.78, 5) is 17.3. The predicted molar refractivity (Wildman–Crippen MR) is 100 cm³/mol. The van der Waals surface area contributed by atoms with Crippen molar-refractivity contribution in [3.8, 4) is 0 Å². The highest BCUT2D eigenvalue weighted by atomic mass is 32.2. The minimum Gasteiger partial charge on any atom is -0.355 e. The Hall–Kier alpha value is -2.75. The van der Waals surface area contributed by atoms with E-state index >= 15 is 0 Å². The number of sulfonamides is 1. The van der Waals surface area contributed by atoms with Gasteiger partial charge in [-0.15, -0.1) is 0 Å². The van der Waals surface area contributed by atoms with Gasteiger partial charge in [0.05, 0.1) is 5.69 Å². The Morgan fingerprint density at radius 2 is 2.00 bits per heavy atom. The molecular formula is C18H20F2N4O3S. The van der Waals surface area contributed by atoms with Crippen LogP contribution in [0.5, 0.6) is 0 Å². The summed E-state index contributed by atoms with van der Waals surface area (Å²) in [5.74, 6) is -1.70. The third-order valence-corrected chi connectivity index (χ3v) is 5.72. The number of piperidine rings is 1. The molecule has 0 spiro atoms. The molecule has 7 nitrogen and oxygen atoms in total. The summed E-state index contributed by atoms with van der Waals surface area (Å²) in [5, 5.41) is 2.88. The summed E-state index contributed by atoms with van der Waals surface area (Å²) < 4.78 is 53.3. The standard InChI is InChI=1S/C18H20F2N4O3S/c1-12(25)22-14-3-2-8-24(11-14)18-7-5-15(10-21-18)28(26,27)23-13-4-6-16(19)17(20)9-13/h4-7,9-10,14,23H,2-3,8,11H2,1H3,(H,22,25). The summed E-state index contributed by atoms with van der Waals surface area (Å²) >= 11 is 0. The Morgan fingerprint density at radius 1 is 1.21 bits per heavy atom. The van der Waals surface area contributed by atoms with Gasteiger partial charge in [0.1, 0.15) is 10.7 Å². The van der Waals surface area contributed by atoms with Gasteiger partial charge in [0.25, 0.3) is 10.0 Å². The van der Waals surface area contributed by atoms with E-state index in [1.54, 1.807) is 6.07 Å². The molecule has 1 aromatic heterocycles. The predicted octanol–water partition coefficient (Wildman–Crippen LogP) is 2.27. The van der Waals surface area contributed by atoms with E-state index in [0.29, 0.717) is 12.4 Å². The Bertz CT molecular complexity index is 967. The molecule has 2 aromatic rings. The molecule has 28 heavy (non-hydrogen) atoms. The number of carbonyl (C=O) groups is 1. The number of rotatable bonds is 5. The van der Waals surface area contributed by atoms with E-state index in [0.717, 1.165) is 37.6 Å². The lowest BCUT2D eigenvalue weighted by molar-refractivity contribution is -0.119. The molecule has 1 aromatic carbocycles. The number of amides is 1. The van der Waals surface area contributed by atoms with Crippen molar-refractivity contribution in [1.29, 1.82) is 0 Å². The molecule has 1 atom stereocenters. The first-order valence-corrected chi connectivity index (χ1v) is 10.2. The number of pyridine rings is 1. The molecular weight excluding hydrogens is 390 g/mol. The maximum atomic E-state index is 13.3. The molecule has 0 aliphatic carbocycles. The first-order chi connectivity index (χ1) is 13.2. The van der Waals surface area contributed by atoms with Gasteiger partial charge in [-0.2, -0.15) is 0 Å². The molecule has 1 fully saturated rings. The van der Waals surface area contributed by atoms with Crippen LogP contribution in [0.15, 0.2) is 41.4 Å². The van der Waals surface area contributed by atoms with E-state index in [-0.39, 0.29) is 22.5 Å². The molecule has 1 aliphatic heterocycles. The summed E-state index contributed by atoms with van der Waals surface area (Å²) in [7, 11) is -3.99. The van der Waals surface area contributed by atoms with Crippen molar-refractivity contribution in [2.24, 2.45) is 0 Å². The molecule has 10 heteroatoms. The third-order valence-electron chi connectivity index (χ3n) is 4.36. The van der Waals surface area contributed by atoms with Crippen LogP contribution in [0.3, 0.4) is 0 Å². The quantitative estimate of drug-likeness (QED) is 0.789. The molecule has 0 bridgehead atoms. The van der Waals surface area contributed by atoms with Crippen molar-refractivity contribution in [3.05, 3.63) is 48.2 Å². The molecule has 150 valence electrons. The minimum atomic E-state index is -3.99. The maximum absolute atomic E-state index is 13.3. The number of carbonyl (C=O) groups excluding carboxylic acids is 1. The summed E-state index contributed by atoms with van der Waals surface area (Å²) in [6.07, 6.45) is 2.96. The van der Waals surface area contributed by atoms with Crippen molar-refractivity contribution in [1.82, 2.24) is 10.3 Å². The van der Waals surface area contributed by atoms with E-state index in [9.17, 15) is 22.0 Å². The first-order valence-electron chi connectivity index (χ1n) is 8.70. The molecule has 3 rings (SSSR count). The fraction of sp³-hybridized carbons (Fsp3) is 0.333. The van der Waals surface area contributed by atoms with Crippen molar-refractivity contribution in [2.75, 3.05) is 22.7 Å². The van der Waals surface area contributed by atoms with Crippen LogP contribution in [0.4, 0.5) is 20.3 Å². The Balaban J connectivity index is 1.72. The second kappa shape index (κ2) is 8.09. The molecule has 2 heterocycles. The Kier molecular flexibility index (Phi) is 5.78. The van der Waals surface area contributed by atoms with Crippen LogP contribution in [-0.2, 0) is 14.8 Å². The number of hydrogen-bond donors (Lipinski definition) is 2. The molecule has 2 N–H and O–H groups in total. The zero-order valence-corrected chi connectivity index (χ0v) is 16.0. The minimum absolute atomic E-state index is 0.0199. The number of benzene rings is 1. The number of aromatic nitrogens is 1. The Morgan fingerprint density at radius 3 is 2.64 bits per heavy atom. The summed E-state index contributed by atoms with van der Waals surface area (Å²) in [6.45, 7) is 2.81. The second-order valence-corrected chi connectivity index (χ2v) is 8.25. The highest BCUT2D eigenvalue weighted by molar-refractivity contribution is 7.92. The van der Waals surface area contributed by atoms with Crippen LogP contribution in [0, 0.1) is 11.6 Å². The highest BCUT2D eigenvalue weighted by Gasteiger charge is 2.22. The molecule has 0 radical (unpaired) electrons. The third kappa shape index (κ3) is 4.75. The van der Waals surface area contributed by atoms with Gasteiger partial charge in [0.15, 0.2) is 11.6 Å². The lowest BCUT2D eigenvalue weighted by atomic mass is 10.1. The van der Waals surface area contributed by atoms with Gasteiger partial charge in [0.2, 0.25) is 5.91 Å². The fourth-order valence-electron chi connectivity index (χ4n) is 3.08. The smallest absolute Gasteiger partial charge is 0.263 e.